The number of benzene rings is 3. The molecule has 182 valence electrons. The standard InChI is InChI=1S/C28H31N3O4/c1-13(2)9-15-11-19(30)21-23(25(15)32)28(35)24-22(27(21)34)20(12-16(26(24)33)10-14(3)4)31-18-7-5-17(29)6-8-18/h5-8,11-14,31-33H,9-10,29-30H2,1-4H3. The zero-order valence-corrected chi connectivity index (χ0v) is 20.4. The second-order valence-electron chi connectivity index (χ2n) is 10.0. The van der Waals surface area contributed by atoms with Crippen LogP contribution in [0.2, 0.25) is 0 Å². The van der Waals surface area contributed by atoms with E-state index in [1.165, 1.54) is 0 Å². The van der Waals surface area contributed by atoms with Crippen molar-refractivity contribution >= 4 is 34.3 Å². The number of carbonyl (C=O) groups is 2. The van der Waals surface area contributed by atoms with Crippen LogP contribution in [0.15, 0.2) is 36.4 Å². The van der Waals surface area contributed by atoms with Crippen LogP contribution in [0.1, 0.15) is 70.7 Å². The van der Waals surface area contributed by atoms with Gasteiger partial charge in [0.05, 0.1) is 27.9 Å². The van der Waals surface area contributed by atoms with Gasteiger partial charge in [-0.15, -0.1) is 0 Å². The summed E-state index contributed by atoms with van der Waals surface area (Å²) in [6, 6.07) is 10.2. The zero-order chi connectivity index (χ0) is 25.6. The first kappa shape index (κ1) is 24.1. The molecule has 7 heteroatoms. The number of aromatic hydroxyl groups is 2. The first-order valence-corrected chi connectivity index (χ1v) is 11.7. The fraction of sp³-hybridized carbons (Fsp3) is 0.286. The average Bonchev–Trinajstić information content (AvgIpc) is 2.77. The first-order valence-electron chi connectivity index (χ1n) is 11.7. The largest absolute Gasteiger partial charge is 0.507 e. The second kappa shape index (κ2) is 8.98. The van der Waals surface area contributed by atoms with Gasteiger partial charge in [0, 0.05) is 17.1 Å². The smallest absolute Gasteiger partial charge is 0.202 e. The number of phenolic OH excluding ortho intramolecular Hbond substituents is 2. The lowest BCUT2D eigenvalue weighted by atomic mass is 9.78. The van der Waals surface area contributed by atoms with Gasteiger partial charge < -0.3 is 27.0 Å². The molecular formula is C28H31N3O4. The maximum atomic E-state index is 13.8. The van der Waals surface area contributed by atoms with Crippen LogP contribution in [0.5, 0.6) is 11.5 Å². The fourth-order valence-corrected chi connectivity index (χ4v) is 4.66. The summed E-state index contributed by atoms with van der Waals surface area (Å²) in [4.78, 5) is 27.6. The lowest BCUT2D eigenvalue weighted by Gasteiger charge is -2.26. The fourth-order valence-electron chi connectivity index (χ4n) is 4.66. The average molecular weight is 474 g/mol. The molecule has 7 nitrogen and oxygen atoms in total. The van der Waals surface area contributed by atoms with E-state index in [1.807, 2.05) is 27.7 Å². The third-order valence-electron chi connectivity index (χ3n) is 6.14. The Balaban J connectivity index is 1.97. The molecule has 0 saturated heterocycles. The molecule has 0 unspecified atom stereocenters. The van der Waals surface area contributed by atoms with E-state index in [0.29, 0.717) is 41.0 Å². The zero-order valence-electron chi connectivity index (χ0n) is 20.4. The minimum atomic E-state index is -0.618. The molecule has 7 N–H and O–H groups in total. The van der Waals surface area contributed by atoms with Crippen LogP contribution >= 0.6 is 0 Å². The molecule has 0 bridgehead atoms. The van der Waals surface area contributed by atoms with Crippen LogP contribution in [0.25, 0.3) is 0 Å². The monoisotopic (exact) mass is 473 g/mol. The Bertz CT molecular complexity index is 1340. The van der Waals surface area contributed by atoms with Gasteiger partial charge in [-0.3, -0.25) is 9.59 Å². The van der Waals surface area contributed by atoms with Crippen molar-refractivity contribution in [2.24, 2.45) is 11.8 Å². The number of ketones is 2. The van der Waals surface area contributed by atoms with E-state index in [0.717, 1.165) is 0 Å². The summed E-state index contributed by atoms with van der Waals surface area (Å²) in [7, 11) is 0. The Labute approximate surface area is 204 Å². The number of fused-ring (bicyclic) bond motifs is 2. The number of hydrogen-bond donors (Lipinski definition) is 5. The minimum Gasteiger partial charge on any atom is -0.507 e. The summed E-state index contributed by atoms with van der Waals surface area (Å²) >= 11 is 0. The molecule has 3 aromatic rings. The molecule has 0 radical (unpaired) electrons. The summed E-state index contributed by atoms with van der Waals surface area (Å²) < 4.78 is 0. The summed E-state index contributed by atoms with van der Waals surface area (Å²) in [5.74, 6) is -1.26. The van der Waals surface area contributed by atoms with Gasteiger partial charge in [-0.2, -0.15) is 0 Å². The summed E-state index contributed by atoms with van der Waals surface area (Å²) in [5, 5.41) is 25.4. The van der Waals surface area contributed by atoms with E-state index in [4.69, 9.17) is 11.5 Å². The van der Waals surface area contributed by atoms with Gasteiger partial charge in [0.2, 0.25) is 5.78 Å². The number of phenols is 2. The van der Waals surface area contributed by atoms with E-state index in [2.05, 4.69) is 5.32 Å². The lowest BCUT2D eigenvalue weighted by Crippen LogP contribution is -2.25. The Morgan fingerprint density at radius 3 is 1.77 bits per heavy atom. The Hall–Kier alpha value is -4.00. The van der Waals surface area contributed by atoms with Crippen molar-refractivity contribution in [3.8, 4) is 11.5 Å². The predicted molar refractivity (Wildman–Crippen MR) is 139 cm³/mol. The number of carbonyl (C=O) groups excluding carboxylic acids is 2. The van der Waals surface area contributed by atoms with Gasteiger partial charge in [0.25, 0.3) is 0 Å². The van der Waals surface area contributed by atoms with Gasteiger partial charge in [0.1, 0.15) is 11.5 Å². The molecule has 0 amide bonds. The van der Waals surface area contributed by atoms with Gasteiger partial charge in [-0.25, -0.2) is 0 Å². The van der Waals surface area contributed by atoms with Crippen molar-refractivity contribution < 1.29 is 19.8 Å². The molecule has 1 aliphatic rings. The maximum Gasteiger partial charge on any atom is 0.202 e. The number of anilines is 4. The van der Waals surface area contributed by atoms with Crippen LogP contribution in [-0.4, -0.2) is 21.8 Å². The molecule has 35 heavy (non-hydrogen) atoms. The van der Waals surface area contributed by atoms with Crippen LogP contribution < -0.4 is 16.8 Å². The predicted octanol–water partition coefficient (Wildman–Crippen LogP) is 5.18. The number of nitrogen functional groups attached to an aromatic ring is 2. The summed E-state index contributed by atoms with van der Waals surface area (Å²) in [6.45, 7) is 7.96. The van der Waals surface area contributed by atoms with Gasteiger partial charge >= 0.3 is 0 Å². The molecule has 3 aromatic carbocycles. The maximum absolute atomic E-state index is 13.8. The quantitative estimate of drug-likeness (QED) is 0.192. The first-order chi connectivity index (χ1) is 16.5. The van der Waals surface area contributed by atoms with E-state index >= 15 is 0 Å². The minimum absolute atomic E-state index is 0.0343. The van der Waals surface area contributed by atoms with Crippen molar-refractivity contribution in [1.29, 1.82) is 0 Å². The summed E-state index contributed by atoms with van der Waals surface area (Å²) in [5.41, 5.74) is 14.6. The van der Waals surface area contributed by atoms with Crippen LogP contribution in [0.3, 0.4) is 0 Å². The number of hydrogen-bond acceptors (Lipinski definition) is 7. The highest BCUT2D eigenvalue weighted by Crippen LogP contribution is 2.45. The molecule has 1 aliphatic carbocycles. The van der Waals surface area contributed by atoms with Crippen LogP contribution in [0, 0.1) is 11.8 Å². The molecule has 0 aliphatic heterocycles. The normalized spacial score (nSPS) is 12.7. The highest BCUT2D eigenvalue weighted by molar-refractivity contribution is 6.33. The molecular weight excluding hydrogens is 442 g/mol. The molecule has 0 fully saturated rings. The lowest BCUT2D eigenvalue weighted by molar-refractivity contribution is 0.0975. The molecule has 0 aromatic heterocycles. The third-order valence-corrected chi connectivity index (χ3v) is 6.14. The van der Waals surface area contributed by atoms with E-state index in [9.17, 15) is 19.8 Å². The number of nitrogens with one attached hydrogen (secondary N) is 1. The van der Waals surface area contributed by atoms with Crippen LogP contribution in [0.4, 0.5) is 22.7 Å². The Kier molecular flexibility index (Phi) is 6.19. The number of rotatable bonds is 6. The Morgan fingerprint density at radius 2 is 1.23 bits per heavy atom. The van der Waals surface area contributed by atoms with Crippen LogP contribution in [-0.2, 0) is 12.8 Å². The number of nitrogens with two attached hydrogens (primary N) is 2. The summed E-state index contributed by atoms with van der Waals surface area (Å²) in [6.07, 6.45) is 0.978. The topological polar surface area (TPSA) is 139 Å². The molecule has 4 rings (SSSR count). The highest BCUT2D eigenvalue weighted by Gasteiger charge is 2.39. The van der Waals surface area contributed by atoms with Crippen molar-refractivity contribution in [3.63, 3.8) is 0 Å². The van der Waals surface area contributed by atoms with Crippen molar-refractivity contribution in [1.82, 2.24) is 0 Å². The molecule has 0 spiro atoms. The van der Waals surface area contributed by atoms with Crippen molar-refractivity contribution in [2.45, 2.75) is 40.5 Å². The van der Waals surface area contributed by atoms with E-state index in [1.54, 1.807) is 36.4 Å². The SMILES string of the molecule is CC(C)Cc1cc(N)c2c(c1O)C(=O)c1c(O)c(CC(C)C)cc(Nc3ccc(N)cc3)c1C2=O. The van der Waals surface area contributed by atoms with Crippen molar-refractivity contribution in [3.05, 3.63) is 69.8 Å². The molecule has 0 heterocycles. The second-order valence-corrected chi connectivity index (χ2v) is 10.0. The molecule has 0 saturated carbocycles. The van der Waals surface area contributed by atoms with E-state index < -0.39 is 11.6 Å². The Morgan fingerprint density at radius 1 is 0.743 bits per heavy atom. The van der Waals surface area contributed by atoms with Crippen molar-refractivity contribution in [2.75, 3.05) is 16.8 Å². The van der Waals surface area contributed by atoms with Gasteiger partial charge in [-0.05, 0) is 72.2 Å². The van der Waals surface area contributed by atoms with Gasteiger partial charge in [-0.1, -0.05) is 27.7 Å². The third kappa shape index (κ3) is 4.30. The van der Waals surface area contributed by atoms with E-state index in [-0.39, 0.29) is 51.3 Å². The highest BCUT2D eigenvalue weighted by atomic mass is 16.3. The molecule has 0 atom stereocenters. The van der Waals surface area contributed by atoms with Gasteiger partial charge in [0.15, 0.2) is 5.78 Å².